The lowest BCUT2D eigenvalue weighted by molar-refractivity contribution is 0.0983. The summed E-state index contributed by atoms with van der Waals surface area (Å²) < 4.78 is 18.7. The molecule has 0 aliphatic heterocycles. The fraction of sp³-hybridized carbons (Fsp3) is 0.188. The molecule has 4 heteroatoms. The molecule has 20 heavy (non-hydrogen) atoms. The Morgan fingerprint density at radius 1 is 1.25 bits per heavy atom. The van der Waals surface area contributed by atoms with Gasteiger partial charge >= 0.3 is 0 Å². The molecule has 0 unspecified atom stereocenters. The summed E-state index contributed by atoms with van der Waals surface area (Å²) in [4.78, 5) is 11.8. The highest BCUT2D eigenvalue weighted by atomic mass is 35.5. The van der Waals surface area contributed by atoms with Gasteiger partial charge in [0.05, 0.1) is 10.6 Å². The van der Waals surface area contributed by atoms with E-state index in [-0.39, 0.29) is 17.4 Å². The van der Waals surface area contributed by atoms with Gasteiger partial charge in [-0.25, -0.2) is 4.39 Å². The minimum absolute atomic E-state index is 0.0257. The van der Waals surface area contributed by atoms with Crippen molar-refractivity contribution in [2.24, 2.45) is 0 Å². The van der Waals surface area contributed by atoms with Crippen molar-refractivity contribution < 1.29 is 13.9 Å². The van der Waals surface area contributed by atoms with Crippen LogP contribution in [0.15, 0.2) is 42.5 Å². The normalized spacial score (nSPS) is 10.3. The lowest BCUT2D eigenvalue weighted by atomic mass is 10.1. The number of Topliss-reactive ketones (excluding diaryl/α,β-unsaturated/α-hetero) is 1. The van der Waals surface area contributed by atoms with Crippen molar-refractivity contribution in [3.05, 3.63) is 64.4 Å². The molecule has 0 aromatic heterocycles. The zero-order valence-corrected chi connectivity index (χ0v) is 11.8. The summed E-state index contributed by atoms with van der Waals surface area (Å²) in [5, 5.41) is 0.0593. The molecule has 0 saturated heterocycles. The first kappa shape index (κ1) is 14.5. The number of ether oxygens (including phenoxy) is 1. The van der Waals surface area contributed by atoms with Crippen LogP contribution in [0.1, 0.15) is 29.3 Å². The average molecular weight is 293 g/mol. The molecule has 0 spiro atoms. The maximum atomic E-state index is 13.1. The molecule has 0 aliphatic carbocycles. The first-order chi connectivity index (χ1) is 9.61. The highest BCUT2D eigenvalue weighted by Crippen LogP contribution is 2.22. The van der Waals surface area contributed by atoms with Gasteiger partial charge in [-0.3, -0.25) is 4.79 Å². The van der Waals surface area contributed by atoms with Crippen LogP contribution in [0.2, 0.25) is 5.02 Å². The van der Waals surface area contributed by atoms with Gasteiger partial charge in [-0.15, -0.1) is 0 Å². The lowest BCUT2D eigenvalue weighted by Crippen LogP contribution is -2.03. The van der Waals surface area contributed by atoms with Crippen LogP contribution >= 0.6 is 11.6 Å². The minimum Gasteiger partial charge on any atom is -0.488 e. The van der Waals surface area contributed by atoms with Crippen LogP contribution in [0.25, 0.3) is 0 Å². The maximum absolute atomic E-state index is 13.1. The quantitative estimate of drug-likeness (QED) is 0.750. The number of hydrogen-bond donors (Lipinski definition) is 0. The van der Waals surface area contributed by atoms with E-state index in [9.17, 15) is 9.18 Å². The van der Waals surface area contributed by atoms with Gasteiger partial charge in [-0.05, 0) is 29.8 Å². The number of halogens is 2. The summed E-state index contributed by atoms with van der Waals surface area (Å²) in [5.41, 5.74) is 1.30. The monoisotopic (exact) mass is 292 g/mol. The van der Waals surface area contributed by atoms with E-state index in [4.69, 9.17) is 16.3 Å². The van der Waals surface area contributed by atoms with Gasteiger partial charge in [-0.1, -0.05) is 36.7 Å². The molecule has 2 aromatic carbocycles. The van der Waals surface area contributed by atoms with E-state index in [1.54, 1.807) is 37.3 Å². The van der Waals surface area contributed by atoms with Crippen molar-refractivity contribution in [1.29, 1.82) is 0 Å². The molecule has 0 aliphatic rings. The fourth-order valence-electron chi connectivity index (χ4n) is 1.80. The molecule has 0 amide bonds. The second kappa shape index (κ2) is 6.53. The zero-order chi connectivity index (χ0) is 14.5. The Hall–Kier alpha value is -1.87. The Morgan fingerprint density at radius 2 is 2.00 bits per heavy atom. The Morgan fingerprint density at radius 3 is 2.70 bits per heavy atom. The van der Waals surface area contributed by atoms with Crippen LogP contribution < -0.4 is 4.74 Å². The van der Waals surface area contributed by atoms with Crippen LogP contribution in [-0.4, -0.2) is 5.78 Å². The number of para-hydroxylation sites is 1. The van der Waals surface area contributed by atoms with E-state index in [2.05, 4.69) is 0 Å². The molecule has 0 radical (unpaired) electrons. The molecule has 0 heterocycles. The Kier molecular flexibility index (Phi) is 4.74. The summed E-state index contributed by atoms with van der Waals surface area (Å²) >= 11 is 5.72. The van der Waals surface area contributed by atoms with Crippen molar-refractivity contribution in [1.82, 2.24) is 0 Å². The standard InChI is InChI=1S/C16H14ClFO2/c1-2-15(19)12-5-3-4-6-16(12)20-10-11-7-8-14(18)13(17)9-11/h3-9H,2,10H2,1H3. The van der Waals surface area contributed by atoms with Gasteiger partial charge in [0.15, 0.2) is 5.78 Å². The number of benzene rings is 2. The third-order valence-corrected chi connectivity index (χ3v) is 3.18. The number of rotatable bonds is 5. The second-order valence-corrected chi connectivity index (χ2v) is 4.72. The third kappa shape index (κ3) is 3.36. The van der Waals surface area contributed by atoms with E-state index >= 15 is 0 Å². The van der Waals surface area contributed by atoms with E-state index in [1.165, 1.54) is 12.1 Å². The molecule has 0 N–H and O–H groups in total. The predicted octanol–water partition coefficient (Wildman–Crippen LogP) is 4.65. The first-order valence-corrected chi connectivity index (χ1v) is 6.68. The Labute approximate surface area is 122 Å². The summed E-state index contributed by atoms with van der Waals surface area (Å²) in [6.45, 7) is 2.03. The number of carbonyl (C=O) groups is 1. The van der Waals surface area contributed by atoms with Crippen molar-refractivity contribution in [2.75, 3.05) is 0 Å². The Bertz CT molecular complexity index is 626. The topological polar surface area (TPSA) is 26.3 Å². The smallest absolute Gasteiger partial charge is 0.166 e. The van der Waals surface area contributed by atoms with E-state index in [0.29, 0.717) is 17.7 Å². The van der Waals surface area contributed by atoms with E-state index in [0.717, 1.165) is 5.56 Å². The molecular weight excluding hydrogens is 279 g/mol. The molecule has 2 nitrogen and oxygen atoms in total. The largest absolute Gasteiger partial charge is 0.488 e. The molecule has 0 atom stereocenters. The molecule has 0 fully saturated rings. The Balaban J connectivity index is 2.14. The van der Waals surface area contributed by atoms with Gasteiger partial charge in [0.1, 0.15) is 18.2 Å². The number of carbonyl (C=O) groups excluding carboxylic acids is 1. The maximum Gasteiger partial charge on any atom is 0.166 e. The minimum atomic E-state index is -0.461. The molecule has 2 rings (SSSR count). The van der Waals surface area contributed by atoms with Gasteiger partial charge < -0.3 is 4.74 Å². The molecular formula is C16H14ClFO2. The molecule has 2 aromatic rings. The third-order valence-electron chi connectivity index (χ3n) is 2.89. The van der Waals surface area contributed by atoms with E-state index < -0.39 is 5.82 Å². The van der Waals surface area contributed by atoms with Crippen LogP contribution in [0, 0.1) is 5.82 Å². The molecule has 104 valence electrons. The van der Waals surface area contributed by atoms with Gasteiger partial charge in [0.2, 0.25) is 0 Å². The van der Waals surface area contributed by atoms with Crippen molar-refractivity contribution in [3.63, 3.8) is 0 Å². The van der Waals surface area contributed by atoms with Crippen molar-refractivity contribution in [3.8, 4) is 5.75 Å². The number of hydrogen-bond acceptors (Lipinski definition) is 2. The summed E-state index contributed by atoms with van der Waals surface area (Å²) in [6, 6.07) is 11.5. The van der Waals surface area contributed by atoms with Crippen LogP contribution in [0.5, 0.6) is 5.75 Å². The van der Waals surface area contributed by atoms with Crippen LogP contribution in [-0.2, 0) is 6.61 Å². The summed E-state index contributed by atoms with van der Waals surface area (Å²) in [6.07, 6.45) is 0.419. The van der Waals surface area contributed by atoms with Crippen LogP contribution in [0.3, 0.4) is 0 Å². The predicted molar refractivity (Wildman–Crippen MR) is 76.8 cm³/mol. The fourth-order valence-corrected chi connectivity index (χ4v) is 2.01. The summed E-state index contributed by atoms with van der Waals surface area (Å²) in [5.74, 6) is 0.0921. The SMILES string of the molecule is CCC(=O)c1ccccc1OCc1ccc(F)c(Cl)c1. The second-order valence-electron chi connectivity index (χ2n) is 4.31. The van der Waals surface area contributed by atoms with Gasteiger partial charge in [0.25, 0.3) is 0 Å². The lowest BCUT2D eigenvalue weighted by Gasteiger charge is -2.10. The summed E-state index contributed by atoms with van der Waals surface area (Å²) in [7, 11) is 0. The first-order valence-electron chi connectivity index (χ1n) is 6.30. The van der Waals surface area contributed by atoms with Gasteiger partial charge in [0, 0.05) is 6.42 Å². The zero-order valence-electron chi connectivity index (χ0n) is 11.0. The molecule has 0 bridgehead atoms. The van der Waals surface area contributed by atoms with E-state index in [1.807, 2.05) is 0 Å². The molecule has 0 saturated carbocycles. The van der Waals surface area contributed by atoms with Crippen LogP contribution in [0.4, 0.5) is 4.39 Å². The number of ketones is 1. The van der Waals surface area contributed by atoms with Crippen molar-refractivity contribution >= 4 is 17.4 Å². The van der Waals surface area contributed by atoms with Crippen molar-refractivity contribution in [2.45, 2.75) is 20.0 Å². The highest BCUT2D eigenvalue weighted by Gasteiger charge is 2.10. The average Bonchev–Trinajstić information content (AvgIpc) is 2.48. The highest BCUT2D eigenvalue weighted by molar-refractivity contribution is 6.30. The van der Waals surface area contributed by atoms with Gasteiger partial charge in [-0.2, -0.15) is 0 Å².